The summed E-state index contributed by atoms with van der Waals surface area (Å²) in [6.07, 6.45) is 6.95. The molecule has 0 aromatic heterocycles. The first-order valence-electron chi connectivity index (χ1n) is 5.77. The molecule has 0 unspecified atom stereocenters. The molecule has 0 aliphatic carbocycles. The molecule has 0 spiro atoms. The smallest absolute Gasteiger partial charge is 0.00189 e. The molecule has 0 saturated carbocycles. The maximum absolute atomic E-state index is 2.40. The zero-order valence-electron chi connectivity index (χ0n) is 10.4. The summed E-state index contributed by atoms with van der Waals surface area (Å²) in [4.78, 5) is 2.40. The lowest BCUT2D eigenvalue weighted by Gasteiger charge is -2.10. The highest BCUT2D eigenvalue weighted by Gasteiger charge is 2.10. The van der Waals surface area contributed by atoms with Gasteiger partial charge in [0.25, 0.3) is 0 Å². The van der Waals surface area contributed by atoms with Gasteiger partial charge in [0.1, 0.15) is 0 Å². The lowest BCUT2D eigenvalue weighted by atomic mass is 10.0. The lowest BCUT2D eigenvalue weighted by Crippen LogP contribution is -2.18. The molecule has 1 aliphatic heterocycles. The maximum atomic E-state index is 2.40. The van der Waals surface area contributed by atoms with Crippen LogP contribution in [-0.4, -0.2) is 25.0 Å². The van der Waals surface area contributed by atoms with E-state index in [0.29, 0.717) is 0 Å². The normalized spacial score (nSPS) is 24.4. The van der Waals surface area contributed by atoms with E-state index in [1.807, 2.05) is 13.8 Å². The third-order valence-electron chi connectivity index (χ3n) is 2.64. The van der Waals surface area contributed by atoms with Crippen LogP contribution in [0.1, 0.15) is 40.5 Å². The predicted octanol–water partition coefficient (Wildman–Crippen LogP) is 3.63. The molecule has 1 heterocycles. The minimum Gasteiger partial charge on any atom is -0.306 e. The summed E-state index contributed by atoms with van der Waals surface area (Å²) in [6.45, 7) is 10.7. The summed E-state index contributed by atoms with van der Waals surface area (Å²) in [5, 5.41) is 0. The van der Waals surface area contributed by atoms with Crippen LogP contribution in [0.25, 0.3) is 0 Å². The van der Waals surface area contributed by atoms with Gasteiger partial charge in [-0.3, -0.25) is 0 Å². The van der Waals surface area contributed by atoms with Crippen LogP contribution in [0.3, 0.4) is 0 Å². The van der Waals surface area contributed by atoms with Crippen molar-refractivity contribution < 1.29 is 0 Å². The summed E-state index contributed by atoms with van der Waals surface area (Å²) in [7, 11) is 2.20. The summed E-state index contributed by atoms with van der Waals surface area (Å²) < 4.78 is 0. The minimum absolute atomic E-state index is 1.21. The van der Waals surface area contributed by atoms with E-state index in [4.69, 9.17) is 0 Å². The first-order chi connectivity index (χ1) is 6.77. The van der Waals surface area contributed by atoms with Crippen LogP contribution in [0.5, 0.6) is 0 Å². The average molecular weight is 195 g/mol. The summed E-state index contributed by atoms with van der Waals surface area (Å²) in [6, 6.07) is 0. The summed E-state index contributed by atoms with van der Waals surface area (Å²) >= 11 is 0. The third kappa shape index (κ3) is 4.10. The molecule has 0 aromatic rings. The summed E-state index contributed by atoms with van der Waals surface area (Å²) in [5.74, 6) is 0. The van der Waals surface area contributed by atoms with Gasteiger partial charge in [0.2, 0.25) is 0 Å². The molecule has 0 aromatic carbocycles. The number of hydrogen-bond acceptors (Lipinski definition) is 1. The van der Waals surface area contributed by atoms with Gasteiger partial charge in [-0.1, -0.05) is 26.0 Å². The van der Waals surface area contributed by atoms with Gasteiger partial charge in [0.05, 0.1) is 0 Å². The van der Waals surface area contributed by atoms with Crippen molar-refractivity contribution in [1.82, 2.24) is 4.90 Å². The van der Waals surface area contributed by atoms with Crippen molar-refractivity contribution in [2.24, 2.45) is 0 Å². The number of hydrogen-bond donors (Lipinski definition) is 0. The zero-order valence-corrected chi connectivity index (χ0v) is 10.4. The van der Waals surface area contributed by atoms with Gasteiger partial charge >= 0.3 is 0 Å². The number of rotatable bonds is 0. The van der Waals surface area contributed by atoms with Gasteiger partial charge in [-0.2, -0.15) is 0 Å². The van der Waals surface area contributed by atoms with Crippen molar-refractivity contribution in [3.05, 3.63) is 23.3 Å². The fourth-order valence-corrected chi connectivity index (χ4v) is 1.72. The van der Waals surface area contributed by atoms with Crippen LogP contribution in [-0.2, 0) is 0 Å². The molecule has 0 radical (unpaired) electrons. The van der Waals surface area contributed by atoms with Gasteiger partial charge in [0, 0.05) is 13.1 Å². The highest BCUT2D eigenvalue weighted by molar-refractivity contribution is 5.31. The van der Waals surface area contributed by atoms with Gasteiger partial charge in [-0.05, 0) is 44.9 Å². The Labute approximate surface area is 89.5 Å². The van der Waals surface area contributed by atoms with Crippen LogP contribution >= 0.6 is 0 Å². The zero-order chi connectivity index (χ0) is 11.0. The van der Waals surface area contributed by atoms with Crippen LogP contribution < -0.4 is 0 Å². The van der Waals surface area contributed by atoms with E-state index in [0.717, 1.165) is 0 Å². The summed E-state index contributed by atoms with van der Waals surface area (Å²) in [5.41, 5.74) is 3.09. The highest BCUT2D eigenvalue weighted by atomic mass is 15.1. The fraction of sp³-hybridized carbons (Fsp3) is 0.692. The van der Waals surface area contributed by atoms with Crippen LogP contribution in [0, 0.1) is 0 Å². The molecule has 1 heteroatoms. The van der Waals surface area contributed by atoms with Crippen molar-refractivity contribution in [2.45, 2.75) is 40.5 Å². The molecule has 0 N–H and O–H groups in total. The minimum atomic E-state index is 1.21. The molecule has 14 heavy (non-hydrogen) atoms. The predicted molar refractivity (Wildman–Crippen MR) is 65.6 cm³/mol. The number of allylic oxidation sites excluding steroid dienone is 2. The molecular formula is C13H25N. The van der Waals surface area contributed by atoms with Crippen molar-refractivity contribution in [3.8, 4) is 0 Å². The Morgan fingerprint density at radius 3 is 1.57 bits per heavy atom. The van der Waals surface area contributed by atoms with Gasteiger partial charge in [-0.15, -0.1) is 0 Å². The Balaban J connectivity index is 0.000000791. The largest absolute Gasteiger partial charge is 0.306 e. The molecule has 1 saturated heterocycles. The monoisotopic (exact) mass is 195 g/mol. The Morgan fingerprint density at radius 2 is 1.29 bits per heavy atom. The molecule has 1 nitrogen and oxygen atoms in total. The first-order valence-corrected chi connectivity index (χ1v) is 5.77. The fourth-order valence-electron chi connectivity index (χ4n) is 1.72. The van der Waals surface area contributed by atoms with E-state index in [1.54, 1.807) is 11.1 Å². The second-order valence-corrected chi connectivity index (χ2v) is 3.43. The molecule has 0 atom stereocenters. The van der Waals surface area contributed by atoms with Crippen LogP contribution in [0.4, 0.5) is 0 Å². The van der Waals surface area contributed by atoms with E-state index in [-0.39, 0.29) is 0 Å². The van der Waals surface area contributed by atoms with Gasteiger partial charge < -0.3 is 4.90 Å². The third-order valence-corrected chi connectivity index (χ3v) is 2.64. The SMILES string of the molecule is C/C=C1/CCN(C)CC/C1=C/C.CC. The first kappa shape index (κ1) is 13.4. The van der Waals surface area contributed by atoms with Crippen molar-refractivity contribution in [3.63, 3.8) is 0 Å². The van der Waals surface area contributed by atoms with Crippen molar-refractivity contribution in [1.29, 1.82) is 0 Å². The standard InChI is InChI=1S/C11H19N.C2H6/c1-4-10-6-8-12(3)9-7-11(10)5-2;1-2/h4-5H,6-9H2,1-3H3;1-2H3/b10-4-,11-5-;. The Morgan fingerprint density at radius 1 is 0.929 bits per heavy atom. The molecule has 1 aliphatic rings. The Hall–Kier alpha value is -0.560. The molecule has 0 amide bonds. The van der Waals surface area contributed by atoms with Gasteiger partial charge in [0.15, 0.2) is 0 Å². The topological polar surface area (TPSA) is 3.24 Å². The molecular weight excluding hydrogens is 170 g/mol. The number of likely N-dealkylation sites (tertiary alicyclic amines) is 1. The molecule has 1 rings (SSSR count). The van der Waals surface area contributed by atoms with Gasteiger partial charge in [-0.25, -0.2) is 0 Å². The quantitative estimate of drug-likeness (QED) is 0.570. The molecule has 0 bridgehead atoms. The second-order valence-electron chi connectivity index (χ2n) is 3.43. The molecule has 1 fully saturated rings. The highest BCUT2D eigenvalue weighted by Crippen LogP contribution is 2.21. The molecule has 82 valence electrons. The Kier molecular flexibility index (Phi) is 7.50. The number of nitrogens with zero attached hydrogens (tertiary/aromatic N) is 1. The van der Waals surface area contributed by atoms with Crippen molar-refractivity contribution in [2.75, 3.05) is 20.1 Å². The van der Waals surface area contributed by atoms with E-state index in [1.165, 1.54) is 25.9 Å². The van der Waals surface area contributed by atoms with Crippen molar-refractivity contribution >= 4 is 0 Å². The van der Waals surface area contributed by atoms with E-state index in [9.17, 15) is 0 Å². The van der Waals surface area contributed by atoms with E-state index >= 15 is 0 Å². The van der Waals surface area contributed by atoms with E-state index in [2.05, 4.69) is 37.9 Å². The van der Waals surface area contributed by atoms with Crippen LogP contribution in [0.15, 0.2) is 23.3 Å². The average Bonchev–Trinajstić information content (AvgIpc) is 2.42. The second kappa shape index (κ2) is 7.81. The lowest BCUT2D eigenvalue weighted by molar-refractivity contribution is 0.355. The van der Waals surface area contributed by atoms with Crippen LogP contribution in [0.2, 0.25) is 0 Å². The van der Waals surface area contributed by atoms with E-state index < -0.39 is 0 Å². The maximum Gasteiger partial charge on any atom is 0.00189 e. The Bertz CT molecular complexity index is 179.